The van der Waals surface area contributed by atoms with Crippen molar-refractivity contribution in [1.29, 1.82) is 0 Å². The van der Waals surface area contributed by atoms with Crippen molar-refractivity contribution in [2.24, 2.45) is 0 Å². The van der Waals surface area contributed by atoms with Gasteiger partial charge in [-0.25, -0.2) is 0 Å². The molecule has 9 heteroatoms. The lowest BCUT2D eigenvalue weighted by Crippen LogP contribution is -2.24. The summed E-state index contributed by atoms with van der Waals surface area (Å²) >= 11 is 0. The minimum absolute atomic E-state index is 0.0134. The first kappa shape index (κ1) is 24.3. The van der Waals surface area contributed by atoms with Gasteiger partial charge in [-0.1, -0.05) is 31.2 Å². The average Bonchev–Trinajstić information content (AvgIpc) is 2.76. The quantitative estimate of drug-likeness (QED) is 0.431. The highest BCUT2D eigenvalue weighted by atomic mass is 19.4. The van der Waals surface area contributed by atoms with E-state index in [9.17, 15) is 31.1 Å². The van der Waals surface area contributed by atoms with Crippen molar-refractivity contribution in [2.75, 3.05) is 0 Å². The molecule has 3 nitrogen and oxygen atoms in total. The van der Waals surface area contributed by atoms with Gasteiger partial charge in [-0.05, 0) is 59.9 Å². The maximum atomic E-state index is 13.1. The molecule has 0 saturated carbocycles. The van der Waals surface area contributed by atoms with Gasteiger partial charge in [0.15, 0.2) is 0 Å². The highest BCUT2D eigenvalue weighted by Gasteiger charge is 2.37. The zero-order chi connectivity index (χ0) is 24.4. The Bertz CT molecular complexity index is 1140. The highest BCUT2D eigenvalue weighted by Crippen LogP contribution is 2.36. The van der Waals surface area contributed by atoms with Gasteiger partial charge in [0, 0.05) is 24.0 Å². The van der Waals surface area contributed by atoms with E-state index < -0.39 is 35.0 Å². The number of carbonyl (C=O) groups is 1. The standard InChI is InChI=1S/C24H20F6N2O/c1-3-19-11-21(20-7-5-4-6-14(20)2)16(12-31-19)13-32-22(33)15-8-17(23(25,26)27)10-18(9-15)24(28,29)30/h4-12H,3,13H2,1-2H3,(H,32,33). The summed E-state index contributed by atoms with van der Waals surface area (Å²) in [5, 5.41) is 2.43. The van der Waals surface area contributed by atoms with E-state index in [1.54, 1.807) is 6.20 Å². The number of nitrogens with zero attached hydrogens (tertiary/aromatic N) is 1. The molecule has 2 aromatic carbocycles. The van der Waals surface area contributed by atoms with Crippen molar-refractivity contribution >= 4 is 5.91 Å². The van der Waals surface area contributed by atoms with Gasteiger partial charge in [-0.15, -0.1) is 0 Å². The maximum absolute atomic E-state index is 13.1. The van der Waals surface area contributed by atoms with Crippen molar-refractivity contribution in [3.05, 3.63) is 88.2 Å². The molecule has 0 spiro atoms. The molecule has 3 aromatic rings. The molecule has 0 aliphatic rings. The van der Waals surface area contributed by atoms with Crippen LogP contribution in [0.5, 0.6) is 0 Å². The van der Waals surface area contributed by atoms with E-state index in [1.165, 1.54) is 0 Å². The molecular formula is C24H20F6N2O. The largest absolute Gasteiger partial charge is 0.416 e. The zero-order valence-corrected chi connectivity index (χ0v) is 17.7. The second-order valence-corrected chi connectivity index (χ2v) is 7.48. The summed E-state index contributed by atoms with van der Waals surface area (Å²) in [4.78, 5) is 16.9. The first-order valence-electron chi connectivity index (χ1n) is 10.0. The van der Waals surface area contributed by atoms with Crippen LogP contribution in [-0.4, -0.2) is 10.9 Å². The Kier molecular flexibility index (Phi) is 6.81. The highest BCUT2D eigenvalue weighted by molar-refractivity contribution is 5.94. The van der Waals surface area contributed by atoms with Crippen molar-refractivity contribution in [1.82, 2.24) is 10.3 Å². The third-order valence-electron chi connectivity index (χ3n) is 5.13. The summed E-state index contributed by atoms with van der Waals surface area (Å²) in [6.07, 6.45) is -7.85. The summed E-state index contributed by atoms with van der Waals surface area (Å²) in [6.45, 7) is 3.71. The predicted octanol–water partition coefficient (Wildman–Crippen LogP) is 6.59. The summed E-state index contributed by atoms with van der Waals surface area (Å²) in [5.41, 5.74) is 0.194. The van der Waals surface area contributed by atoms with Crippen LogP contribution in [0.4, 0.5) is 26.3 Å². The van der Waals surface area contributed by atoms with E-state index in [-0.39, 0.29) is 12.6 Å². The van der Waals surface area contributed by atoms with Gasteiger partial charge < -0.3 is 5.32 Å². The number of rotatable bonds is 5. The number of carbonyl (C=O) groups excluding carboxylic acids is 1. The monoisotopic (exact) mass is 466 g/mol. The lowest BCUT2D eigenvalue weighted by Gasteiger charge is -2.16. The first-order valence-corrected chi connectivity index (χ1v) is 10.0. The summed E-state index contributed by atoms with van der Waals surface area (Å²) in [6, 6.07) is 10.2. The fraction of sp³-hybridized carbons (Fsp3) is 0.250. The SMILES string of the molecule is CCc1cc(-c2ccccc2C)c(CNC(=O)c2cc(C(F)(F)F)cc(C(F)(F)F)c2)cn1. The third-order valence-corrected chi connectivity index (χ3v) is 5.13. The van der Waals surface area contributed by atoms with Gasteiger partial charge in [0.1, 0.15) is 0 Å². The Morgan fingerprint density at radius 2 is 1.52 bits per heavy atom. The minimum atomic E-state index is -5.03. The molecular weight excluding hydrogens is 446 g/mol. The molecule has 33 heavy (non-hydrogen) atoms. The van der Waals surface area contributed by atoms with Crippen LogP contribution in [0.25, 0.3) is 11.1 Å². The smallest absolute Gasteiger partial charge is 0.348 e. The molecule has 1 N–H and O–H groups in total. The van der Waals surface area contributed by atoms with Gasteiger partial charge >= 0.3 is 12.4 Å². The van der Waals surface area contributed by atoms with Gasteiger partial charge in [0.2, 0.25) is 0 Å². The van der Waals surface area contributed by atoms with Gasteiger partial charge in [0.05, 0.1) is 11.1 Å². The van der Waals surface area contributed by atoms with Crippen LogP contribution in [0.3, 0.4) is 0 Å². The van der Waals surface area contributed by atoms with Crippen molar-refractivity contribution in [3.8, 4) is 11.1 Å². The van der Waals surface area contributed by atoms with Gasteiger partial charge in [0.25, 0.3) is 5.91 Å². The number of benzene rings is 2. The maximum Gasteiger partial charge on any atom is 0.416 e. The molecule has 0 radical (unpaired) electrons. The molecule has 0 bridgehead atoms. The van der Waals surface area contributed by atoms with Crippen LogP contribution in [0.2, 0.25) is 0 Å². The fourth-order valence-electron chi connectivity index (χ4n) is 3.35. The molecule has 0 unspecified atom stereocenters. The molecule has 0 aliphatic heterocycles. The summed E-state index contributed by atoms with van der Waals surface area (Å²) in [7, 11) is 0. The van der Waals surface area contributed by atoms with Crippen LogP contribution in [-0.2, 0) is 25.3 Å². The Balaban J connectivity index is 1.94. The normalized spacial score (nSPS) is 12.0. The summed E-state index contributed by atoms with van der Waals surface area (Å²) in [5.74, 6) is -1.05. The number of hydrogen-bond donors (Lipinski definition) is 1. The number of alkyl halides is 6. The molecule has 174 valence electrons. The molecule has 0 saturated heterocycles. The fourth-order valence-corrected chi connectivity index (χ4v) is 3.35. The molecule has 0 atom stereocenters. The second kappa shape index (κ2) is 9.25. The molecule has 3 rings (SSSR count). The molecule has 0 aliphatic carbocycles. The van der Waals surface area contributed by atoms with Gasteiger partial charge in [-0.3, -0.25) is 9.78 Å². The van der Waals surface area contributed by atoms with E-state index >= 15 is 0 Å². The Hall–Kier alpha value is -3.36. The molecule has 1 aromatic heterocycles. The lowest BCUT2D eigenvalue weighted by atomic mass is 9.96. The van der Waals surface area contributed by atoms with Crippen molar-refractivity contribution in [3.63, 3.8) is 0 Å². The number of pyridine rings is 1. The van der Waals surface area contributed by atoms with E-state index in [0.29, 0.717) is 24.1 Å². The minimum Gasteiger partial charge on any atom is -0.348 e. The van der Waals surface area contributed by atoms with E-state index in [2.05, 4.69) is 10.3 Å². The van der Waals surface area contributed by atoms with Crippen LogP contribution in [0.1, 0.15) is 45.2 Å². The third kappa shape index (κ3) is 5.71. The Morgan fingerprint density at radius 1 is 0.909 bits per heavy atom. The van der Waals surface area contributed by atoms with Gasteiger partial charge in [-0.2, -0.15) is 26.3 Å². The lowest BCUT2D eigenvalue weighted by molar-refractivity contribution is -0.143. The molecule has 0 fully saturated rings. The number of nitrogens with one attached hydrogen (secondary N) is 1. The number of amides is 1. The van der Waals surface area contributed by atoms with Crippen LogP contribution < -0.4 is 5.32 Å². The Morgan fingerprint density at radius 3 is 2.06 bits per heavy atom. The number of aromatic nitrogens is 1. The summed E-state index contributed by atoms with van der Waals surface area (Å²) < 4.78 is 78.6. The number of halogens is 6. The molecule has 1 heterocycles. The first-order chi connectivity index (χ1) is 15.4. The topological polar surface area (TPSA) is 42.0 Å². The van der Waals surface area contributed by atoms with Crippen LogP contribution >= 0.6 is 0 Å². The van der Waals surface area contributed by atoms with E-state index in [4.69, 9.17) is 0 Å². The van der Waals surface area contributed by atoms with E-state index in [0.717, 1.165) is 22.4 Å². The van der Waals surface area contributed by atoms with Crippen LogP contribution in [0.15, 0.2) is 54.7 Å². The van der Waals surface area contributed by atoms with Crippen molar-refractivity contribution < 1.29 is 31.1 Å². The number of aryl methyl sites for hydroxylation is 2. The Labute approximate surface area is 186 Å². The second-order valence-electron chi connectivity index (χ2n) is 7.48. The zero-order valence-electron chi connectivity index (χ0n) is 17.7. The van der Waals surface area contributed by atoms with E-state index in [1.807, 2.05) is 44.2 Å². The van der Waals surface area contributed by atoms with Crippen molar-refractivity contribution in [2.45, 2.75) is 39.2 Å². The predicted molar refractivity (Wildman–Crippen MR) is 111 cm³/mol. The average molecular weight is 466 g/mol. The number of hydrogen-bond acceptors (Lipinski definition) is 2. The van der Waals surface area contributed by atoms with Crippen LogP contribution in [0, 0.1) is 6.92 Å². The molecule has 1 amide bonds.